The molecule has 2 aromatic rings. The van der Waals surface area contributed by atoms with Crippen LogP contribution in [-0.2, 0) is 11.3 Å². The largest absolute Gasteiger partial charge is 0.464 e. The highest BCUT2D eigenvalue weighted by Crippen LogP contribution is 2.09. The predicted octanol–water partition coefficient (Wildman–Crippen LogP) is 3.60. The van der Waals surface area contributed by atoms with Gasteiger partial charge < -0.3 is 4.74 Å². The third-order valence-electron chi connectivity index (χ3n) is 2.90. The van der Waals surface area contributed by atoms with Crippen molar-refractivity contribution in [3.63, 3.8) is 0 Å². The van der Waals surface area contributed by atoms with Crippen LogP contribution in [0.4, 0.5) is 4.79 Å². The van der Waals surface area contributed by atoms with Crippen molar-refractivity contribution in [1.82, 2.24) is 4.98 Å². The number of ether oxygens (including phenoxy) is 1. The molecule has 0 fully saturated rings. The van der Waals surface area contributed by atoms with Crippen LogP contribution >= 0.6 is 0 Å². The van der Waals surface area contributed by atoms with Crippen LogP contribution in [0.3, 0.4) is 0 Å². The summed E-state index contributed by atoms with van der Waals surface area (Å²) < 4.78 is 5.39. The van der Waals surface area contributed by atoms with Crippen molar-refractivity contribution in [3.05, 3.63) is 66.0 Å². The highest BCUT2D eigenvalue weighted by atomic mass is 28.3. The van der Waals surface area contributed by atoms with Crippen molar-refractivity contribution in [1.29, 1.82) is 0 Å². The maximum Gasteiger partial charge on any atom is 0.286 e. The molecule has 0 aliphatic carbocycles. The molecule has 21 heavy (non-hydrogen) atoms. The van der Waals surface area contributed by atoms with Gasteiger partial charge in [-0.15, -0.1) is 5.54 Å². The molecule has 0 bridgehead atoms. The second-order valence-corrected chi connectivity index (χ2v) is 9.09. The minimum absolute atomic E-state index is 0.192. The summed E-state index contributed by atoms with van der Waals surface area (Å²) >= 11 is 0. The number of aromatic nitrogens is 1. The Bertz CT molecular complexity index is 657. The molecule has 3 nitrogen and oxygen atoms in total. The van der Waals surface area contributed by atoms with Crippen LogP contribution in [0, 0.1) is 11.5 Å². The standard InChI is InChI=1S/C17H17NO2Si/c1-21(2,12-10-15-9-6-11-18-13-15)17(19)20-14-16-7-4-3-5-8-16/h3-9,11,13H,14H2,1-2H3. The van der Waals surface area contributed by atoms with E-state index in [-0.39, 0.29) is 5.59 Å². The molecule has 0 unspecified atom stereocenters. The minimum Gasteiger partial charge on any atom is -0.464 e. The average Bonchev–Trinajstić information content (AvgIpc) is 2.52. The van der Waals surface area contributed by atoms with E-state index in [0.29, 0.717) is 6.61 Å². The Morgan fingerprint density at radius 2 is 1.95 bits per heavy atom. The summed E-state index contributed by atoms with van der Waals surface area (Å²) in [7, 11) is -2.39. The van der Waals surface area contributed by atoms with Crippen LogP contribution in [-0.4, -0.2) is 18.7 Å². The zero-order valence-electron chi connectivity index (χ0n) is 12.2. The van der Waals surface area contributed by atoms with Crippen molar-refractivity contribution in [2.45, 2.75) is 19.7 Å². The number of carbonyl (C=O) groups is 1. The van der Waals surface area contributed by atoms with Crippen LogP contribution in [0.2, 0.25) is 13.1 Å². The number of nitrogens with zero attached hydrogens (tertiary/aromatic N) is 1. The smallest absolute Gasteiger partial charge is 0.286 e. The van der Waals surface area contributed by atoms with Gasteiger partial charge in [-0.1, -0.05) is 36.3 Å². The Morgan fingerprint density at radius 3 is 2.62 bits per heavy atom. The van der Waals surface area contributed by atoms with Crippen molar-refractivity contribution in [2.75, 3.05) is 0 Å². The van der Waals surface area contributed by atoms with Gasteiger partial charge >= 0.3 is 0 Å². The van der Waals surface area contributed by atoms with E-state index in [2.05, 4.69) is 16.4 Å². The molecule has 0 N–H and O–H groups in total. The predicted molar refractivity (Wildman–Crippen MR) is 85.2 cm³/mol. The van der Waals surface area contributed by atoms with Gasteiger partial charge in [0.2, 0.25) is 0 Å². The van der Waals surface area contributed by atoms with Gasteiger partial charge in [-0.2, -0.15) is 0 Å². The molecule has 0 aliphatic rings. The Labute approximate surface area is 126 Å². The molecule has 0 amide bonds. The molecule has 0 saturated heterocycles. The zero-order valence-corrected chi connectivity index (χ0v) is 13.2. The Morgan fingerprint density at radius 1 is 1.19 bits per heavy atom. The van der Waals surface area contributed by atoms with Gasteiger partial charge in [0.15, 0.2) is 0 Å². The minimum atomic E-state index is -2.39. The maximum absolute atomic E-state index is 12.2. The van der Waals surface area contributed by atoms with E-state index in [1.807, 2.05) is 55.6 Å². The van der Waals surface area contributed by atoms with E-state index in [0.717, 1.165) is 11.1 Å². The lowest BCUT2D eigenvalue weighted by Gasteiger charge is -2.13. The maximum atomic E-state index is 12.2. The molecule has 0 radical (unpaired) electrons. The van der Waals surface area contributed by atoms with Crippen molar-refractivity contribution in [3.8, 4) is 11.5 Å². The van der Waals surface area contributed by atoms with E-state index in [1.165, 1.54) is 0 Å². The number of pyridine rings is 1. The fourth-order valence-electron chi connectivity index (χ4n) is 1.62. The van der Waals surface area contributed by atoms with Gasteiger partial charge in [0.05, 0.1) is 0 Å². The molecule has 0 atom stereocenters. The first-order valence-electron chi connectivity index (χ1n) is 6.72. The highest BCUT2D eigenvalue weighted by molar-refractivity contribution is 7.08. The molecule has 0 spiro atoms. The summed E-state index contributed by atoms with van der Waals surface area (Å²) in [4.78, 5) is 16.2. The molecule has 4 heteroatoms. The summed E-state index contributed by atoms with van der Waals surface area (Å²) in [6.07, 6.45) is 3.38. The second-order valence-electron chi connectivity index (χ2n) is 5.18. The monoisotopic (exact) mass is 295 g/mol. The van der Waals surface area contributed by atoms with Crippen molar-refractivity contribution in [2.24, 2.45) is 0 Å². The SMILES string of the molecule is C[Si](C)(C#Cc1cccnc1)C(=O)OCc1ccccc1. The van der Waals surface area contributed by atoms with E-state index in [9.17, 15) is 4.79 Å². The topological polar surface area (TPSA) is 39.2 Å². The third kappa shape index (κ3) is 4.58. The Balaban J connectivity index is 1.99. The van der Waals surface area contributed by atoms with Crippen molar-refractivity contribution < 1.29 is 9.53 Å². The third-order valence-corrected chi connectivity index (χ3v) is 4.82. The lowest BCUT2D eigenvalue weighted by atomic mass is 10.2. The van der Waals surface area contributed by atoms with Crippen LogP contribution < -0.4 is 0 Å². The molecule has 1 aromatic carbocycles. The van der Waals surface area contributed by atoms with E-state index in [1.54, 1.807) is 12.4 Å². The summed E-state index contributed by atoms with van der Waals surface area (Å²) in [5.41, 5.74) is 4.69. The quantitative estimate of drug-likeness (QED) is 0.641. The summed E-state index contributed by atoms with van der Waals surface area (Å²) in [6.45, 7) is 4.08. The normalized spacial score (nSPS) is 10.4. The number of carbonyl (C=O) groups excluding carboxylic acids is 1. The lowest BCUT2D eigenvalue weighted by molar-refractivity contribution is 0.164. The fourth-order valence-corrected chi connectivity index (χ4v) is 2.61. The number of rotatable bonds is 3. The van der Waals surface area contributed by atoms with Gasteiger partial charge in [0, 0.05) is 18.0 Å². The number of hydrogen-bond acceptors (Lipinski definition) is 3. The molecular formula is C17H17NO2Si. The molecule has 0 aliphatic heterocycles. The van der Waals surface area contributed by atoms with Gasteiger partial charge in [-0.05, 0) is 30.8 Å². The molecule has 106 valence electrons. The van der Waals surface area contributed by atoms with Crippen molar-refractivity contribution >= 4 is 13.7 Å². The van der Waals surface area contributed by atoms with E-state index in [4.69, 9.17) is 4.74 Å². The van der Waals surface area contributed by atoms with E-state index < -0.39 is 8.07 Å². The zero-order chi connectivity index (χ0) is 15.1. The highest BCUT2D eigenvalue weighted by Gasteiger charge is 2.31. The molecular weight excluding hydrogens is 278 g/mol. The summed E-state index contributed by atoms with van der Waals surface area (Å²) in [5.74, 6) is 3.01. The van der Waals surface area contributed by atoms with Crippen LogP contribution in [0.15, 0.2) is 54.9 Å². The van der Waals surface area contributed by atoms with Crippen LogP contribution in [0.25, 0.3) is 0 Å². The Hall–Kier alpha value is -2.38. The van der Waals surface area contributed by atoms with Gasteiger partial charge in [0.1, 0.15) is 6.61 Å². The first-order chi connectivity index (χ1) is 10.1. The van der Waals surface area contributed by atoms with Gasteiger partial charge in [0.25, 0.3) is 13.7 Å². The second kappa shape index (κ2) is 6.87. The number of benzene rings is 1. The molecule has 1 heterocycles. The molecule has 1 aromatic heterocycles. The first kappa shape index (κ1) is 15.0. The average molecular weight is 295 g/mol. The molecule has 2 rings (SSSR count). The fraction of sp³-hybridized carbons (Fsp3) is 0.176. The van der Waals surface area contributed by atoms with Gasteiger partial charge in [-0.25, -0.2) is 0 Å². The Kier molecular flexibility index (Phi) is 4.91. The lowest BCUT2D eigenvalue weighted by Crippen LogP contribution is -2.36. The first-order valence-corrected chi connectivity index (χ1v) is 9.72. The summed E-state index contributed by atoms with van der Waals surface area (Å²) in [5, 5.41) is 0. The van der Waals surface area contributed by atoms with Gasteiger partial charge in [-0.3, -0.25) is 9.78 Å². The van der Waals surface area contributed by atoms with E-state index >= 15 is 0 Å². The van der Waals surface area contributed by atoms with Crippen LogP contribution in [0.5, 0.6) is 0 Å². The number of hydrogen-bond donors (Lipinski definition) is 0. The van der Waals surface area contributed by atoms with Crippen LogP contribution in [0.1, 0.15) is 11.1 Å². The molecule has 0 saturated carbocycles. The summed E-state index contributed by atoms with van der Waals surface area (Å²) in [6, 6.07) is 13.4.